The van der Waals surface area contributed by atoms with Crippen LogP contribution < -0.4 is 65.5 Å². The third kappa shape index (κ3) is 71.3. The van der Waals surface area contributed by atoms with Gasteiger partial charge in [0.15, 0.2) is 0 Å². The molecule has 0 aromatic heterocycles. The number of carbonyl (C=O) groups excluding carboxylic acids is 8. The van der Waals surface area contributed by atoms with Crippen molar-refractivity contribution in [3.8, 4) is 0 Å². The molecule has 40 heteroatoms. The molecule has 3 atom stereocenters. The monoisotopic (exact) mass is 1540 g/mol. The maximum Gasteiger partial charge on any atom is 0.326 e. The summed E-state index contributed by atoms with van der Waals surface area (Å²) in [5, 5.41) is 31.3. The first-order valence-corrected chi connectivity index (χ1v) is 36.4. The molecule has 8 amide bonds. The zero-order valence-corrected chi connectivity index (χ0v) is 62.2. The molecule has 0 aromatic rings. The first-order chi connectivity index (χ1) is 51.8. The summed E-state index contributed by atoms with van der Waals surface area (Å²) in [5.74, 6) is -4.66. The van der Waals surface area contributed by atoms with Crippen LogP contribution in [0.15, 0.2) is 0 Å². The summed E-state index contributed by atoms with van der Waals surface area (Å²) < 4.78 is 96.8. The maximum absolute atomic E-state index is 13.2. The predicted molar refractivity (Wildman–Crippen MR) is 381 cm³/mol. The highest BCUT2D eigenvalue weighted by atomic mass is 16.6. The van der Waals surface area contributed by atoms with Crippen LogP contribution in [0.3, 0.4) is 0 Å². The molecule has 17 N–H and O–H groups in total. The number of nitrogens with one attached hydrogen (secondary N) is 8. The summed E-state index contributed by atoms with van der Waals surface area (Å²) in [6.45, 7) is 9.66. The SMILES string of the molecule is NCCOCCOCCOCC(=O)NCCCC[C@H](NC(=O)COCCOCCOCCN)C(=O)NCCOCCOCCOCC(=O)NCCCC[C@H](NC(=O)COCCOCCOCCNC(=O)[C@H](CCCCNC(=O)COCCOCCOCCN)NC(=O)COCCOCCOCCN)C(=O)O. The van der Waals surface area contributed by atoms with E-state index in [4.69, 9.17) is 108 Å². The fraction of sp³-hybridized carbons (Fsp3) is 0.864. The van der Waals surface area contributed by atoms with Crippen LogP contribution in [0, 0.1) is 0 Å². The topological polar surface area (TPSA) is 540 Å². The van der Waals surface area contributed by atoms with Gasteiger partial charge in [0.2, 0.25) is 47.3 Å². The Hall–Kier alpha value is -5.65. The van der Waals surface area contributed by atoms with E-state index in [1.54, 1.807) is 0 Å². The molecule has 106 heavy (non-hydrogen) atoms. The van der Waals surface area contributed by atoms with Gasteiger partial charge in [0.25, 0.3) is 0 Å². The van der Waals surface area contributed by atoms with Crippen LogP contribution in [0.25, 0.3) is 0 Å². The van der Waals surface area contributed by atoms with Gasteiger partial charge in [-0.25, -0.2) is 4.79 Å². The predicted octanol–water partition coefficient (Wildman–Crippen LogP) is -6.25. The van der Waals surface area contributed by atoms with Crippen molar-refractivity contribution in [2.75, 3.05) is 297 Å². The van der Waals surface area contributed by atoms with E-state index in [0.717, 1.165) is 0 Å². The zero-order chi connectivity index (χ0) is 77.5. The number of hydrogen-bond donors (Lipinski definition) is 13. The van der Waals surface area contributed by atoms with E-state index in [0.29, 0.717) is 170 Å². The number of amides is 8. The molecule has 0 rings (SSSR count). The largest absolute Gasteiger partial charge is 0.480 e. The van der Waals surface area contributed by atoms with Crippen molar-refractivity contribution in [2.45, 2.75) is 75.9 Å². The van der Waals surface area contributed by atoms with Gasteiger partial charge in [-0.05, 0) is 57.8 Å². The van der Waals surface area contributed by atoms with Crippen molar-refractivity contribution in [1.29, 1.82) is 0 Å². The van der Waals surface area contributed by atoms with Crippen molar-refractivity contribution >= 4 is 53.2 Å². The van der Waals surface area contributed by atoms with Crippen LogP contribution in [-0.4, -0.2) is 373 Å². The Morgan fingerprint density at radius 3 is 0.660 bits per heavy atom. The third-order valence-corrected chi connectivity index (χ3v) is 13.7. The van der Waals surface area contributed by atoms with Gasteiger partial charge in [0.1, 0.15) is 57.8 Å². The molecule has 0 spiro atoms. The highest BCUT2D eigenvalue weighted by molar-refractivity contribution is 5.89. The normalized spacial score (nSPS) is 12.1. The minimum atomic E-state index is -1.22. The molecule has 0 unspecified atom stereocenters. The van der Waals surface area contributed by atoms with Crippen molar-refractivity contribution in [3.05, 3.63) is 0 Å². The van der Waals surface area contributed by atoms with Crippen LogP contribution in [0.4, 0.5) is 0 Å². The summed E-state index contributed by atoms with van der Waals surface area (Å²) in [6, 6.07) is -2.94. The molecule has 0 aliphatic heterocycles. The van der Waals surface area contributed by atoms with Gasteiger partial charge in [-0.15, -0.1) is 0 Å². The van der Waals surface area contributed by atoms with E-state index in [1.807, 2.05) is 0 Å². The van der Waals surface area contributed by atoms with Gasteiger partial charge < -0.3 is 156 Å². The van der Waals surface area contributed by atoms with Crippen LogP contribution >= 0.6 is 0 Å². The summed E-state index contributed by atoms with van der Waals surface area (Å²) in [4.78, 5) is 113. The second-order valence-electron chi connectivity index (χ2n) is 22.6. The molecule has 0 bridgehead atoms. The van der Waals surface area contributed by atoms with E-state index < -0.39 is 60.2 Å². The van der Waals surface area contributed by atoms with E-state index in [9.17, 15) is 48.3 Å². The van der Waals surface area contributed by atoms with Gasteiger partial charge in [0.05, 0.1) is 198 Å². The van der Waals surface area contributed by atoms with Crippen molar-refractivity contribution in [3.63, 3.8) is 0 Å². The molecular formula is C66H128N12O28. The first kappa shape index (κ1) is 100. The van der Waals surface area contributed by atoms with E-state index in [1.165, 1.54) is 0 Å². The molecular weight excluding hydrogens is 1410 g/mol. The van der Waals surface area contributed by atoms with Crippen LogP contribution in [0.2, 0.25) is 0 Å². The molecule has 0 saturated carbocycles. The maximum atomic E-state index is 13.2. The van der Waals surface area contributed by atoms with Crippen molar-refractivity contribution in [1.82, 2.24) is 42.5 Å². The highest BCUT2D eigenvalue weighted by Gasteiger charge is 2.23. The number of ether oxygens (including phenoxy) is 18. The smallest absolute Gasteiger partial charge is 0.326 e. The lowest BCUT2D eigenvalue weighted by Crippen LogP contribution is -2.48. The average Bonchev–Trinajstić information content (AvgIpc) is 1.07. The van der Waals surface area contributed by atoms with Gasteiger partial charge in [-0.2, -0.15) is 0 Å². The summed E-state index contributed by atoms with van der Waals surface area (Å²) >= 11 is 0. The summed E-state index contributed by atoms with van der Waals surface area (Å²) in [7, 11) is 0. The third-order valence-electron chi connectivity index (χ3n) is 13.7. The number of carboxylic acids is 1. The number of rotatable bonds is 83. The fourth-order valence-corrected chi connectivity index (χ4v) is 8.46. The number of unbranched alkanes of at least 4 members (excludes halogenated alkanes) is 3. The minimum Gasteiger partial charge on any atom is -0.480 e. The Morgan fingerprint density at radius 1 is 0.226 bits per heavy atom. The van der Waals surface area contributed by atoms with Crippen LogP contribution in [0.5, 0.6) is 0 Å². The second kappa shape index (κ2) is 78.9. The standard InChI is InChI=1S/C66H128N12O28/c67-10-19-89-25-31-95-37-43-101-49-58(79)71-14-4-1-7-55(76-61(82)52-104-46-40-97-33-27-91-21-12-69)64(85)74-17-23-93-29-35-99-39-45-103-51-60(81)73-16-6-3-9-57(66(87)88)78-63(84)54-106-48-42-100-36-30-94-24-18-75-65(86)56(77-62(83)53-105-47-41-98-34-28-92-22-13-70)8-2-5-15-72-59(80)50-102-44-38-96-32-26-90-20-11-68/h55-57H,1-54,67-70H2,(H,71,79)(H,72,80)(H,73,81)(H,74,85)(H,75,86)(H,76,82)(H,77,83)(H,78,84)(H,87,88)/t55-,56-,57-/m0/s1. The van der Waals surface area contributed by atoms with Gasteiger partial charge in [-0.1, -0.05) is 0 Å². The lowest BCUT2D eigenvalue weighted by molar-refractivity contribution is -0.143. The Labute approximate surface area is 623 Å². The van der Waals surface area contributed by atoms with E-state index in [-0.39, 0.29) is 195 Å². The van der Waals surface area contributed by atoms with Crippen molar-refractivity contribution in [2.24, 2.45) is 22.9 Å². The Morgan fingerprint density at radius 2 is 0.425 bits per heavy atom. The number of aliphatic carboxylic acids is 1. The molecule has 0 aliphatic carbocycles. The minimum absolute atomic E-state index is 0.0373. The molecule has 0 saturated heterocycles. The molecule has 40 nitrogen and oxygen atoms in total. The molecule has 0 aromatic carbocycles. The number of carbonyl (C=O) groups is 9. The van der Waals surface area contributed by atoms with Crippen LogP contribution in [-0.2, 0) is 128 Å². The summed E-state index contributed by atoms with van der Waals surface area (Å²) in [6.07, 6.45) is 3.55. The molecule has 0 radical (unpaired) electrons. The average molecular weight is 1540 g/mol. The number of nitrogens with two attached hydrogens (primary N) is 4. The Kier molecular flexibility index (Phi) is 74.7. The van der Waals surface area contributed by atoms with Gasteiger partial charge >= 0.3 is 5.97 Å². The zero-order valence-electron chi connectivity index (χ0n) is 62.2. The Bertz CT molecular complexity index is 2150. The Balaban J connectivity index is 4.40. The van der Waals surface area contributed by atoms with E-state index in [2.05, 4.69) is 42.5 Å². The quantitative estimate of drug-likeness (QED) is 0.0252. The second-order valence-corrected chi connectivity index (χ2v) is 22.6. The molecule has 0 heterocycles. The highest BCUT2D eigenvalue weighted by Crippen LogP contribution is 2.05. The van der Waals surface area contributed by atoms with Crippen LogP contribution in [0.1, 0.15) is 57.8 Å². The lowest BCUT2D eigenvalue weighted by atomic mass is 10.1. The summed E-state index contributed by atoms with van der Waals surface area (Å²) in [5.41, 5.74) is 21.5. The fourth-order valence-electron chi connectivity index (χ4n) is 8.46. The first-order valence-electron chi connectivity index (χ1n) is 36.4. The number of carboxylic acid groups (broad SMARTS) is 1. The van der Waals surface area contributed by atoms with Gasteiger partial charge in [-0.3, -0.25) is 38.4 Å². The molecule has 620 valence electrons. The van der Waals surface area contributed by atoms with Gasteiger partial charge in [0, 0.05) is 58.9 Å². The molecule has 0 aliphatic rings. The number of hydrogen-bond acceptors (Lipinski definition) is 31. The molecule has 0 fully saturated rings. The lowest BCUT2D eigenvalue weighted by Gasteiger charge is -2.19. The van der Waals surface area contributed by atoms with Crippen molar-refractivity contribution < 1.29 is 134 Å². The van der Waals surface area contributed by atoms with E-state index >= 15 is 0 Å².